The van der Waals surface area contributed by atoms with Crippen molar-refractivity contribution in [3.05, 3.63) is 42.2 Å². The van der Waals surface area contributed by atoms with Gasteiger partial charge in [-0.05, 0) is 44.0 Å². The van der Waals surface area contributed by atoms with E-state index in [0.29, 0.717) is 6.04 Å². The average molecular weight is 350 g/mol. The van der Waals surface area contributed by atoms with Crippen molar-refractivity contribution >= 4 is 22.7 Å². The lowest BCUT2D eigenvalue weighted by molar-refractivity contribution is 0.415. The number of fused-ring (bicyclic) bond motifs is 1. The summed E-state index contributed by atoms with van der Waals surface area (Å²) in [5.74, 6) is 2.60. The Kier molecular flexibility index (Phi) is 4.51. The van der Waals surface area contributed by atoms with E-state index in [2.05, 4.69) is 25.4 Å². The number of rotatable bonds is 4. The van der Waals surface area contributed by atoms with Gasteiger partial charge in [0.2, 0.25) is 0 Å². The molecular formula is C19H22N6O. The summed E-state index contributed by atoms with van der Waals surface area (Å²) in [6.07, 6.45) is 3.76. The van der Waals surface area contributed by atoms with E-state index in [-0.39, 0.29) is 0 Å². The maximum atomic E-state index is 5.26. The smallest absolute Gasteiger partial charge is 0.151 e. The molecule has 4 rings (SSSR count). The van der Waals surface area contributed by atoms with Gasteiger partial charge in [0.25, 0.3) is 0 Å². The molecule has 7 nitrogen and oxygen atoms in total. The van der Waals surface area contributed by atoms with E-state index in [1.165, 1.54) is 0 Å². The zero-order valence-corrected chi connectivity index (χ0v) is 15.0. The van der Waals surface area contributed by atoms with Gasteiger partial charge in [0.1, 0.15) is 11.6 Å². The lowest BCUT2D eigenvalue weighted by atomic mass is 10.0. The Morgan fingerprint density at radius 1 is 1.12 bits per heavy atom. The number of nitrogens with one attached hydrogen (secondary N) is 1. The highest BCUT2D eigenvalue weighted by Gasteiger charge is 2.21. The molecule has 1 aliphatic heterocycles. The molecule has 0 bridgehead atoms. The van der Waals surface area contributed by atoms with Crippen LogP contribution in [0.1, 0.15) is 18.5 Å². The molecule has 3 aromatic rings. The fourth-order valence-electron chi connectivity index (χ4n) is 3.29. The van der Waals surface area contributed by atoms with Gasteiger partial charge in [-0.1, -0.05) is 0 Å². The quantitative estimate of drug-likeness (QED) is 0.775. The second-order valence-corrected chi connectivity index (χ2v) is 6.50. The maximum Gasteiger partial charge on any atom is 0.151 e. The van der Waals surface area contributed by atoms with Crippen LogP contribution < -0.4 is 15.0 Å². The van der Waals surface area contributed by atoms with Crippen LogP contribution in [-0.2, 0) is 0 Å². The molecule has 1 aromatic carbocycles. The molecule has 0 atom stereocenters. The van der Waals surface area contributed by atoms with Gasteiger partial charge in [-0.3, -0.25) is 0 Å². The second-order valence-electron chi connectivity index (χ2n) is 6.50. The van der Waals surface area contributed by atoms with Crippen LogP contribution in [0, 0.1) is 6.92 Å². The Morgan fingerprint density at radius 3 is 2.69 bits per heavy atom. The van der Waals surface area contributed by atoms with Crippen molar-refractivity contribution < 1.29 is 4.74 Å². The lowest BCUT2D eigenvalue weighted by Gasteiger charge is -2.33. The summed E-state index contributed by atoms with van der Waals surface area (Å²) in [4.78, 5) is 11.7. The number of hydrogen-bond acceptors (Lipinski definition) is 7. The maximum absolute atomic E-state index is 5.26. The molecule has 0 unspecified atom stereocenters. The minimum atomic E-state index is 0.381. The summed E-state index contributed by atoms with van der Waals surface area (Å²) in [6, 6.07) is 10.1. The highest BCUT2D eigenvalue weighted by molar-refractivity contribution is 5.78. The number of nitrogens with zero attached hydrogens (tertiary/aromatic N) is 5. The first-order valence-electron chi connectivity index (χ1n) is 8.84. The number of anilines is 2. The summed E-state index contributed by atoms with van der Waals surface area (Å²) in [5, 5.41) is 11.7. The van der Waals surface area contributed by atoms with Crippen molar-refractivity contribution in [2.75, 3.05) is 30.4 Å². The van der Waals surface area contributed by atoms with Gasteiger partial charge in [0.15, 0.2) is 5.82 Å². The van der Waals surface area contributed by atoms with Gasteiger partial charge in [0.05, 0.1) is 23.8 Å². The van der Waals surface area contributed by atoms with E-state index in [1.54, 1.807) is 13.3 Å². The largest absolute Gasteiger partial charge is 0.497 e. The predicted molar refractivity (Wildman–Crippen MR) is 102 cm³/mol. The van der Waals surface area contributed by atoms with Gasteiger partial charge in [-0.15, -0.1) is 5.10 Å². The van der Waals surface area contributed by atoms with Crippen molar-refractivity contribution in [2.45, 2.75) is 25.8 Å². The van der Waals surface area contributed by atoms with Crippen LogP contribution in [0.4, 0.5) is 11.6 Å². The first kappa shape index (κ1) is 16.5. The summed E-state index contributed by atoms with van der Waals surface area (Å²) < 4.78 is 5.26. The van der Waals surface area contributed by atoms with Gasteiger partial charge in [0, 0.05) is 31.4 Å². The standard InChI is InChI=1S/C19H22N6O/c1-13-19(23-16-6-5-15(26-2)12-17(16)21-13)22-14-7-10-25(11-8-14)18-4-3-9-20-24-18/h3-6,9,12,14H,7-8,10-11H2,1-2H3,(H,22,23). The monoisotopic (exact) mass is 350 g/mol. The van der Waals surface area contributed by atoms with Crippen LogP contribution in [0.5, 0.6) is 5.75 Å². The predicted octanol–water partition coefficient (Wildman–Crippen LogP) is 2.82. The zero-order valence-electron chi connectivity index (χ0n) is 15.0. The molecule has 1 saturated heterocycles. The van der Waals surface area contributed by atoms with E-state index in [4.69, 9.17) is 9.72 Å². The highest BCUT2D eigenvalue weighted by Crippen LogP contribution is 2.24. The molecule has 1 N–H and O–H groups in total. The van der Waals surface area contributed by atoms with Crippen LogP contribution in [0.25, 0.3) is 11.0 Å². The Bertz CT molecular complexity index is 893. The van der Waals surface area contributed by atoms with Crippen molar-refractivity contribution in [2.24, 2.45) is 0 Å². The van der Waals surface area contributed by atoms with Gasteiger partial charge in [-0.2, -0.15) is 5.10 Å². The van der Waals surface area contributed by atoms with Crippen molar-refractivity contribution in [1.29, 1.82) is 0 Å². The molecule has 7 heteroatoms. The number of aryl methyl sites for hydroxylation is 1. The van der Waals surface area contributed by atoms with E-state index in [1.807, 2.05) is 37.3 Å². The number of aromatic nitrogens is 4. The van der Waals surface area contributed by atoms with Crippen LogP contribution >= 0.6 is 0 Å². The fourth-order valence-corrected chi connectivity index (χ4v) is 3.29. The Hall–Kier alpha value is -2.96. The molecular weight excluding hydrogens is 328 g/mol. The fraction of sp³-hybridized carbons (Fsp3) is 0.368. The summed E-state index contributed by atoms with van der Waals surface area (Å²) in [7, 11) is 1.66. The summed E-state index contributed by atoms with van der Waals surface area (Å²) >= 11 is 0. The molecule has 1 fully saturated rings. The molecule has 0 amide bonds. The normalized spacial score (nSPS) is 15.2. The Labute approximate surface area is 152 Å². The Balaban J connectivity index is 1.45. The van der Waals surface area contributed by atoms with Crippen LogP contribution in [0.2, 0.25) is 0 Å². The topological polar surface area (TPSA) is 76.1 Å². The third kappa shape index (κ3) is 3.37. The molecule has 0 saturated carbocycles. The molecule has 3 heterocycles. The van der Waals surface area contributed by atoms with Crippen molar-refractivity contribution in [1.82, 2.24) is 20.2 Å². The zero-order chi connectivity index (χ0) is 17.9. The number of piperidine rings is 1. The van der Waals surface area contributed by atoms with Gasteiger partial charge in [-0.25, -0.2) is 9.97 Å². The van der Waals surface area contributed by atoms with E-state index >= 15 is 0 Å². The average Bonchev–Trinajstić information content (AvgIpc) is 2.69. The molecule has 0 spiro atoms. The second kappa shape index (κ2) is 7.11. The lowest BCUT2D eigenvalue weighted by Crippen LogP contribution is -2.39. The minimum Gasteiger partial charge on any atom is -0.497 e. The van der Waals surface area contributed by atoms with Crippen LogP contribution in [0.15, 0.2) is 36.5 Å². The minimum absolute atomic E-state index is 0.381. The third-order valence-corrected chi connectivity index (χ3v) is 4.76. The van der Waals surface area contributed by atoms with E-state index < -0.39 is 0 Å². The summed E-state index contributed by atoms with van der Waals surface area (Å²) in [6.45, 7) is 3.89. The molecule has 1 aliphatic rings. The number of benzene rings is 1. The molecule has 2 aromatic heterocycles. The number of hydrogen-bond donors (Lipinski definition) is 1. The van der Waals surface area contributed by atoms with Gasteiger partial charge >= 0.3 is 0 Å². The third-order valence-electron chi connectivity index (χ3n) is 4.76. The van der Waals surface area contributed by atoms with Crippen LogP contribution in [-0.4, -0.2) is 46.4 Å². The molecule has 0 radical (unpaired) electrons. The molecule has 26 heavy (non-hydrogen) atoms. The van der Waals surface area contributed by atoms with E-state index in [0.717, 1.165) is 60.0 Å². The first-order chi connectivity index (χ1) is 12.7. The summed E-state index contributed by atoms with van der Waals surface area (Å²) in [5.41, 5.74) is 2.63. The van der Waals surface area contributed by atoms with Crippen molar-refractivity contribution in [3.63, 3.8) is 0 Å². The number of ether oxygens (including phenoxy) is 1. The SMILES string of the molecule is COc1ccc2nc(NC3CCN(c4cccnn4)CC3)c(C)nc2c1. The molecule has 134 valence electrons. The van der Waals surface area contributed by atoms with Gasteiger partial charge < -0.3 is 15.0 Å². The van der Waals surface area contributed by atoms with E-state index in [9.17, 15) is 0 Å². The van der Waals surface area contributed by atoms with Crippen LogP contribution in [0.3, 0.4) is 0 Å². The highest BCUT2D eigenvalue weighted by atomic mass is 16.5. The Morgan fingerprint density at radius 2 is 1.96 bits per heavy atom. The van der Waals surface area contributed by atoms with Crippen molar-refractivity contribution in [3.8, 4) is 5.75 Å². The first-order valence-corrected chi connectivity index (χ1v) is 8.84. The molecule has 0 aliphatic carbocycles. The number of methoxy groups -OCH3 is 1.